The minimum absolute atomic E-state index is 0.747. The van der Waals surface area contributed by atoms with Gasteiger partial charge < -0.3 is 9.73 Å². The number of rotatable bonds is 6. The van der Waals surface area contributed by atoms with Crippen molar-refractivity contribution in [2.45, 2.75) is 64.2 Å². The monoisotopic (exact) mass is 248 g/mol. The lowest BCUT2D eigenvalue weighted by molar-refractivity contribution is 0.152. The predicted octanol–water partition coefficient (Wildman–Crippen LogP) is 2.82. The van der Waals surface area contributed by atoms with E-state index in [0.29, 0.717) is 0 Å². The van der Waals surface area contributed by atoms with Crippen molar-refractivity contribution in [1.82, 2.24) is 10.2 Å². The molecule has 0 unspecified atom stereocenters. The Morgan fingerprint density at radius 1 is 1.33 bits per heavy atom. The molecule has 18 heavy (non-hydrogen) atoms. The lowest BCUT2D eigenvalue weighted by Gasteiger charge is -2.34. The average Bonchev–Trinajstić information content (AvgIpc) is 3.00. The Hall–Kier alpha value is -0.800. The second-order valence-electron chi connectivity index (χ2n) is 5.95. The van der Waals surface area contributed by atoms with E-state index in [1.165, 1.54) is 37.7 Å². The van der Waals surface area contributed by atoms with Gasteiger partial charge in [-0.15, -0.1) is 0 Å². The van der Waals surface area contributed by atoms with E-state index in [-0.39, 0.29) is 0 Å². The highest BCUT2D eigenvalue weighted by Gasteiger charge is 2.23. The van der Waals surface area contributed by atoms with Crippen LogP contribution in [0, 0.1) is 6.92 Å². The summed E-state index contributed by atoms with van der Waals surface area (Å²) in [5.74, 6) is 2.19. The number of hydrogen-bond acceptors (Lipinski definition) is 3. The summed E-state index contributed by atoms with van der Waals surface area (Å²) in [7, 11) is 2.23. The maximum atomic E-state index is 5.84. The molecule has 3 nitrogen and oxygen atoms in total. The molecule has 2 aliphatic carbocycles. The quantitative estimate of drug-likeness (QED) is 0.839. The summed E-state index contributed by atoms with van der Waals surface area (Å²) in [5.41, 5.74) is 1.36. The van der Waals surface area contributed by atoms with E-state index in [1.54, 1.807) is 0 Å². The van der Waals surface area contributed by atoms with Gasteiger partial charge in [0.05, 0.1) is 6.54 Å². The van der Waals surface area contributed by atoms with Crippen molar-refractivity contribution in [2.24, 2.45) is 0 Å². The molecule has 1 aromatic heterocycles. The topological polar surface area (TPSA) is 28.4 Å². The maximum Gasteiger partial charge on any atom is 0.118 e. The van der Waals surface area contributed by atoms with Crippen LogP contribution in [-0.4, -0.2) is 24.0 Å². The Labute approximate surface area is 110 Å². The Kier molecular flexibility index (Phi) is 3.44. The third-order valence-electron chi connectivity index (χ3n) is 4.33. The van der Waals surface area contributed by atoms with E-state index >= 15 is 0 Å². The molecule has 2 saturated carbocycles. The lowest BCUT2D eigenvalue weighted by atomic mass is 9.91. The Balaban J connectivity index is 1.56. The highest BCUT2D eigenvalue weighted by Crippen LogP contribution is 2.26. The summed E-state index contributed by atoms with van der Waals surface area (Å²) < 4.78 is 5.84. The van der Waals surface area contributed by atoms with Gasteiger partial charge in [-0.05, 0) is 45.7 Å². The highest BCUT2D eigenvalue weighted by molar-refractivity contribution is 5.21. The minimum Gasteiger partial charge on any atom is -0.465 e. The van der Waals surface area contributed by atoms with Gasteiger partial charge in [-0.1, -0.05) is 6.42 Å². The number of nitrogens with zero attached hydrogens (tertiary/aromatic N) is 1. The first-order chi connectivity index (χ1) is 8.72. The standard InChI is InChI=1S/C15H24N2O/c1-11-12(10-17(2)14-4-3-5-14)8-15(18-11)9-16-13-6-7-13/h8,13-14,16H,3-7,9-10H2,1-2H3. The van der Waals surface area contributed by atoms with Crippen LogP contribution in [0.2, 0.25) is 0 Å². The fourth-order valence-electron chi connectivity index (χ4n) is 2.59. The fraction of sp³-hybridized carbons (Fsp3) is 0.733. The van der Waals surface area contributed by atoms with Crippen LogP contribution in [-0.2, 0) is 13.1 Å². The van der Waals surface area contributed by atoms with E-state index in [9.17, 15) is 0 Å². The first-order valence-electron chi connectivity index (χ1n) is 7.24. The zero-order chi connectivity index (χ0) is 12.5. The Bertz CT molecular complexity index is 405. The van der Waals surface area contributed by atoms with Crippen LogP contribution < -0.4 is 5.32 Å². The molecule has 0 aliphatic heterocycles. The average molecular weight is 248 g/mol. The zero-order valence-electron chi connectivity index (χ0n) is 11.5. The van der Waals surface area contributed by atoms with Gasteiger partial charge in [0.1, 0.15) is 11.5 Å². The number of furan rings is 1. The fourth-order valence-corrected chi connectivity index (χ4v) is 2.59. The molecule has 0 bridgehead atoms. The second kappa shape index (κ2) is 5.06. The van der Waals surface area contributed by atoms with Crippen molar-refractivity contribution in [2.75, 3.05) is 7.05 Å². The summed E-state index contributed by atoms with van der Waals surface area (Å²) in [5, 5.41) is 3.50. The second-order valence-corrected chi connectivity index (χ2v) is 5.95. The molecular weight excluding hydrogens is 224 g/mol. The minimum atomic E-state index is 0.747. The number of nitrogens with one attached hydrogen (secondary N) is 1. The molecule has 1 heterocycles. The van der Waals surface area contributed by atoms with Crippen LogP contribution in [0.3, 0.4) is 0 Å². The van der Waals surface area contributed by atoms with Gasteiger partial charge in [0.2, 0.25) is 0 Å². The molecule has 0 saturated heterocycles. The molecule has 1 N–H and O–H groups in total. The van der Waals surface area contributed by atoms with Crippen molar-refractivity contribution in [1.29, 1.82) is 0 Å². The van der Waals surface area contributed by atoms with Crippen molar-refractivity contribution in [3.63, 3.8) is 0 Å². The molecule has 3 rings (SSSR count). The van der Waals surface area contributed by atoms with Crippen LogP contribution in [0.5, 0.6) is 0 Å². The van der Waals surface area contributed by atoms with Gasteiger partial charge in [-0.2, -0.15) is 0 Å². The molecule has 0 aromatic carbocycles. The molecule has 0 atom stereocenters. The van der Waals surface area contributed by atoms with Gasteiger partial charge in [0.15, 0.2) is 0 Å². The van der Waals surface area contributed by atoms with Crippen LogP contribution >= 0.6 is 0 Å². The Morgan fingerprint density at radius 3 is 2.72 bits per heavy atom. The SMILES string of the molecule is Cc1oc(CNC2CC2)cc1CN(C)C1CCC1. The van der Waals surface area contributed by atoms with Crippen molar-refractivity contribution in [3.05, 3.63) is 23.2 Å². The largest absolute Gasteiger partial charge is 0.465 e. The van der Waals surface area contributed by atoms with Crippen molar-refractivity contribution >= 4 is 0 Å². The van der Waals surface area contributed by atoms with Crippen LogP contribution in [0.25, 0.3) is 0 Å². The molecule has 0 amide bonds. The summed E-state index contributed by atoms with van der Waals surface area (Å²) in [6.07, 6.45) is 6.79. The lowest BCUT2D eigenvalue weighted by Crippen LogP contribution is -2.36. The number of hydrogen-bond donors (Lipinski definition) is 1. The molecule has 2 aliphatic rings. The maximum absolute atomic E-state index is 5.84. The van der Waals surface area contributed by atoms with E-state index in [2.05, 4.69) is 30.3 Å². The summed E-state index contributed by atoms with van der Waals surface area (Å²) >= 11 is 0. The van der Waals surface area contributed by atoms with Gasteiger partial charge in [0, 0.05) is 24.2 Å². The van der Waals surface area contributed by atoms with E-state index in [1.807, 2.05) is 0 Å². The molecule has 0 spiro atoms. The molecular formula is C15H24N2O. The smallest absolute Gasteiger partial charge is 0.118 e. The Morgan fingerprint density at radius 2 is 2.11 bits per heavy atom. The third kappa shape index (κ3) is 2.78. The van der Waals surface area contributed by atoms with E-state index in [4.69, 9.17) is 4.42 Å². The van der Waals surface area contributed by atoms with Crippen molar-refractivity contribution < 1.29 is 4.42 Å². The van der Waals surface area contributed by atoms with Gasteiger partial charge in [-0.25, -0.2) is 0 Å². The summed E-state index contributed by atoms with van der Waals surface area (Å²) in [4.78, 5) is 2.47. The van der Waals surface area contributed by atoms with Crippen LogP contribution in [0.1, 0.15) is 49.2 Å². The predicted molar refractivity (Wildman–Crippen MR) is 72.4 cm³/mol. The molecule has 2 fully saturated rings. The van der Waals surface area contributed by atoms with Gasteiger partial charge in [0.25, 0.3) is 0 Å². The van der Waals surface area contributed by atoms with Gasteiger partial charge in [-0.3, -0.25) is 4.90 Å². The molecule has 100 valence electrons. The summed E-state index contributed by atoms with van der Waals surface area (Å²) in [6.45, 7) is 4.01. The van der Waals surface area contributed by atoms with Crippen molar-refractivity contribution in [3.8, 4) is 0 Å². The van der Waals surface area contributed by atoms with E-state index in [0.717, 1.165) is 36.7 Å². The highest BCUT2D eigenvalue weighted by atomic mass is 16.3. The number of aryl methyl sites for hydroxylation is 1. The normalized spacial score (nSPS) is 20.4. The van der Waals surface area contributed by atoms with Crippen LogP contribution in [0.15, 0.2) is 10.5 Å². The molecule has 3 heteroatoms. The molecule has 0 radical (unpaired) electrons. The summed E-state index contributed by atoms with van der Waals surface area (Å²) in [6, 6.07) is 3.78. The first-order valence-corrected chi connectivity index (χ1v) is 7.24. The molecule has 1 aromatic rings. The van der Waals surface area contributed by atoms with Crippen LogP contribution in [0.4, 0.5) is 0 Å². The van der Waals surface area contributed by atoms with Gasteiger partial charge >= 0.3 is 0 Å². The zero-order valence-corrected chi connectivity index (χ0v) is 11.5. The first kappa shape index (κ1) is 12.2. The van der Waals surface area contributed by atoms with E-state index < -0.39 is 0 Å². The third-order valence-corrected chi connectivity index (χ3v) is 4.33.